The Bertz CT molecular complexity index is 464. The summed E-state index contributed by atoms with van der Waals surface area (Å²) in [5.74, 6) is 0.391. The second-order valence-electron chi connectivity index (χ2n) is 5.40. The van der Waals surface area contributed by atoms with Crippen molar-refractivity contribution in [3.05, 3.63) is 29.6 Å². The van der Waals surface area contributed by atoms with Crippen LogP contribution < -0.4 is 5.32 Å². The third-order valence-electron chi connectivity index (χ3n) is 4.15. The second-order valence-corrected chi connectivity index (χ2v) is 5.40. The van der Waals surface area contributed by atoms with Crippen LogP contribution in [0.5, 0.6) is 0 Å². The minimum absolute atomic E-state index is 0.138. The summed E-state index contributed by atoms with van der Waals surface area (Å²) in [6.07, 6.45) is 7.20. The van der Waals surface area contributed by atoms with E-state index >= 15 is 0 Å². The monoisotopic (exact) mass is 260 g/mol. The van der Waals surface area contributed by atoms with Crippen molar-refractivity contribution in [3.63, 3.8) is 0 Å². The van der Waals surface area contributed by atoms with Crippen molar-refractivity contribution in [3.8, 4) is 6.07 Å². The molecule has 1 aromatic carbocycles. The molecule has 0 heterocycles. The minimum atomic E-state index is -0.437. The van der Waals surface area contributed by atoms with Crippen LogP contribution in [0.4, 0.5) is 10.1 Å². The summed E-state index contributed by atoms with van der Waals surface area (Å²) in [5.41, 5.74) is 0.779. The van der Waals surface area contributed by atoms with Crippen molar-refractivity contribution < 1.29 is 4.39 Å². The molecule has 0 saturated heterocycles. The Morgan fingerprint density at radius 2 is 2.16 bits per heavy atom. The molecule has 2 nitrogen and oxygen atoms in total. The molecule has 2 unspecified atom stereocenters. The molecule has 0 amide bonds. The maximum atomic E-state index is 13.5. The van der Waals surface area contributed by atoms with Gasteiger partial charge in [0.05, 0.1) is 5.69 Å². The molecular formula is C16H21FN2. The first kappa shape index (κ1) is 13.9. The molecule has 1 aliphatic carbocycles. The molecule has 19 heavy (non-hydrogen) atoms. The summed E-state index contributed by atoms with van der Waals surface area (Å²) in [6.45, 7) is 2.25. The van der Waals surface area contributed by atoms with Gasteiger partial charge in [-0.3, -0.25) is 0 Å². The van der Waals surface area contributed by atoms with Crippen molar-refractivity contribution in [2.75, 3.05) is 5.32 Å². The van der Waals surface area contributed by atoms with Gasteiger partial charge in [0.15, 0.2) is 0 Å². The average Bonchev–Trinajstić information content (AvgIpc) is 2.64. The fraction of sp³-hybridized carbons (Fsp3) is 0.562. The third-order valence-corrected chi connectivity index (χ3v) is 4.15. The Hall–Kier alpha value is -1.56. The van der Waals surface area contributed by atoms with Crippen molar-refractivity contribution in [2.45, 2.75) is 51.5 Å². The quantitative estimate of drug-likeness (QED) is 0.814. The number of nitriles is 1. The molecule has 0 spiro atoms. The van der Waals surface area contributed by atoms with Gasteiger partial charge in [-0.15, -0.1) is 0 Å². The molecule has 2 rings (SSSR count). The number of benzene rings is 1. The standard InChI is InChI=1S/C16H21FN2/c1-2-12-5-3-6-13(10-9-12)19-16-8-4-7-15(17)14(16)11-18/h4,7-8,12-13,19H,2-3,5-6,9-10H2,1H3. The van der Waals surface area contributed by atoms with Crippen LogP contribution in [-0.2, 0) is 0 Å². The van der Waals surface area contributed by atoms with Crippen molar-refractivity contribution in [1.82, 2.24) is 0 Å². The first-order chi connectivity index (χ1) is 9.24. The zero-order valence-electron chi connectivity index (χ0n) is 11.5. The highest BCUT2D eigenvalue weighted by Gasteiger charge is 2.19. The zero-order chi connectivity index (χ0) is 13.7. The highest BCUT2D eigenvalue weighted by molar-refractivity contribution is 5.58. The number of hydrogen-bond acceptors (Lipinski definition) is 2. The van der Waals surface area contributed by atoms with Gasteiger partial charge in [-0.1, -0.05) is 32.3 Å². The molecule has 0 aliphatic heterocycles. The first-order valence-corrected chi connectivity index (χ1v) is 7.19. The van der Waals surface area contributed by atoms with Gasteiger partial charge in [0.1, 0.15) is 17.4 Å². The van der Waals surface area contributed by atoms with Gasteiger partial charge in [0.25, 0.3) is 0 Å². The summed E-state index contributed by atoms with van der Waals surface area (Å²) >= 11 is 0. The minimum Gasteiger partial charge on any atom is -0.381 e. The summed E-state index contributed by atoms with van der Waals surface area (Å²) in [7, 11) is 0. The average molecular weight is 260 g/mol. The zero-order valence-corrected chi connectivity index (χ0v) is 11.5. The lowest BCUT2D eigenvalue weighted by Crippen LogP contribution is -2.19. The van der Waals surface area contributed by atoms with Gasteiger partial charge in [-0.05, 0) is 37.3 Å². The Labute approximate surface area is 114 Å². The van der Waals surface area contributed by atoms with E-state index in [1.165, 1.54) is 31.7 Å². The van der Waals surface area contributed by atoms with E-state index in [1.807, 2.05) is 6.07 Å². The summed E-state index contributed by atoms with van der Waals surface area (Å²) in [6, 6.07) is 7.11. The van der Waals surface area contributed by atoms with Crippen LogP contribution in [0.1, 0.15) is 51.0 Å². The van der Waals surface area contributed by atoms with Crippen molar-refractivity contribution in [1.29, 1.82) is 5.26 Å². The second kappa shape index (κ2) is 6.56. The molecule has 0 bridgehead atoms. The molecule has 0 aromatic heterocycles. The number of nitrogens with zero attached hydrogens (tertiary/aromatic N) is 1. The summed E-state index contributed by atoms with van der Waals surface area (Å²) in [4.78, 5) is 0. The molecular weight excluding hydrogens is 239 g/mol. The highest BCUT2D eigenvalue weighted by atomic mass is 19.1. The van der Waals surface area contributed by atoms with Crippen LogP contribution in [0.3, 0.4) is 0 Å². The van der Waals surface area contributed by atoms with Crippen LogP contribution in [-0.4, -0.2) is 6.04 Å². The van der Waals surface area contributed by atoms with E-state index in [0.29, 0.717) is 11.7 Å². The van der Waals surface area contributed by atoms with E-state index in [4.69, 9.17) is 5.26 Å². The van der Waals surface area contributed by atoms with E-state index in [0.717, 1.165) is 18.8 Å². The van der Waals surface area contributed by atoms with Gasteiger partial charge in [0.2, 0.25) is 0 Å². The molecule has 102 valence electrons. The van der Waals surface area contributed by atoms with Crippen LogP contribution in [0.15, 0.2) is 18.2 Å². The van der Waals surface area contributed by atoms with Gasteiger partial charge in [0, 0.05) is 6.04 Å². The number of rotatable bonds is 3. The normalized spacial score (nSPS) is 23.4. The molecule has 1 fully saturated rings. The Kier molecular flexibility index (Phi) is 4.79. The van der Waals surface area contributed by atoms with Gasteiger partial charge >= 0.3 is 0 Å². The largest absolute Gasteiger partial charge is 0.381 e. The topological polar surface area (TPSA) is 35.8 Å². The molecule has 2 atom stereocenters. The Morgan fingerprint density at radius 1 is 1.32 bits per heavy atom. The van der Waals surface area contributed by atoms with E-state index in [9.17, 15) is 4.39 Å². The van der Waals surface area contributed by atoms with Crippen molar-refractivity contribution >= 4 is 5.69 Å². The van der Waals surface area contributed by atoms with Gasteiger partial charge in [-0.25, -0.2) is 4.39 Å². The lowest BCUT2D eigenvalue weighted by Gasteiger charge is -2.19. The lowest BCUT2D eigenvalue weighted by molar-refractivity contribution is 0.444. The first-order valence-electron chi connectivity index (χ1n) is 7.19. The fourth-order valence-corrected chi connectivity index (χ4v) is 2.91. The van der Waals surface area contributed by atoms with E-state index in [-0.39, 0.29) is 5.56 Å². The molecule has 1 aromatic rings. The Balaban J connectivity index is 2.05. The maximum Gasteiger partial charge on any atom is 0.143 e. The van der Waals surface area contributed by atoms with Crippen LogP contribution in [0, 0.1) is 23.1 Å². The SMILES string of the molecule is CCC1CCCC(Nc2cccc(F)c2C#N)CC1. The fourth-order valence-electron chi connectivity index (χ4n) is 2.91. The summed E-state index contributed by atoms with van der Waals surface area (Å²) < 4.78 is 13.5. The van der Waals surface area contributed by atoms with E-state index < -0.39 is 5.82 Å². The number of nitrogens with one attached hydrogen (secondary N) is 1. The number of hydrogen-bond donors (Lipinski definition) is 1. The van der Waals surface area contributed by atoms with Crippen molar-refractivity contribution in [2.24, 2.45) is 5.92 Å². The van der Waals surface area contributed by atoms with Gasteiger partial charge in [-0.2, -0.15) is 5.26 Å². The highest BCUT2D eigenvalue weighted by Crippen LogP contribution is 2.28. The third kappa shape index (κ3) is 3.47. The Morgan fingerprint density at radius 3 is 2.89 bits per heavy atom. The van der Waals surface area contributed by atoms with Gasteiger partial charge < -0.3 is 5.32 Å². The molecule has 3 heteroatoms. The molecule has 1 saturated carbocycles. The molecule has 0 radical (unpaired) electrons. The maximum absolute atomic E-state index is 13.5. The predicted octanol–water partition coefficient (Wildman–Crippen LogP) is 4.47. The molecule has 1 N–H and O–H groups in total. The molecule has 1 aliphatic rings. The summed E-state index contributed by atoms with van der Waals surface area (Å²) in [5, 5.41) is 12.4. The number of halogens is 1. The van der Waals surface area contributed by atoms with E-state index in [1.54, 1.807) is 12.1 Å². The lowest BCUT2D eigenvalue weighted by atomic mass is 9.98. The van der Waals surface area contributed by atoms with Crippen LogP contribution in [0.25, 0.3) is 0 Å². The predicted molar refractivity (Wildman–Crippen MR) is 75.4 cm³/mol. The van der Waals surface area contributed by atoms with Crippen LogP contribution >= 0.6 is 0 Å². The number of anilines is 1. The smallest absolute Gasteiger partial charge is 0.143 e. The van der Waals surface area contributed by atoms with E-state index in [2.05, 4.69) is 12.2 Å². The van der Waals surface area contributed by atoms with Crippen LogP contribution in [0.2, 0.25) is 0 Å².